The highest BCUT2D eigenvalue weighted by molar-refractivity contribution is 6.10. The third kappa shape index (κ3) is 4.86. The Kier molecular flexibility index (Phi) is 7.61. The predicted molar refractivity (Wildman–Crippen MR) is 172 cm³/mol. The van der Waals surface area contributed by atoms with E-state index in [-0.39, 0.29) is 0 Å². The van der Waals surface area contributed by atoms with Gasteiger partial charge in [-0.1, -0.05) is 68.8 Å². The van der Waals surface area contributed by atoms with Crippen molar-refractivity contribution in [3.05, 3.63) is 113 Å². The van der Waals surface area contributed by atoms with Gasteiger partial charge in [-0.15, -0.1) is 0 Å². The summed E-state index contributed by atoms with van der Waals surface area (Å²) < 4.78 is 20.9. The van der Waals surface area contributed by atoms with Crippen LogP contribution in [0.5, 0.6) is 0 Å². The zero-order valence-electron chi connectivity index (χ0n) is 25.5. The van der Waals surface area contributed by atoms with Crippen LogP contribution in [0.4, 0.5) is 4.39 Å². The highest BCUT2D eigenvalue weighted by atomic mass is 19.1. The first-order chi connectivity index (χ1) is 19.7. The predicted octanol–water partition coefficient (Wildman–Crippen LogP) is 10.5. The second-order valence-corrected chi connectivity index (χ2v) is 11.0. The molecule has 0 aliphatic rings. The molecule has 0 fully saturated rings. The summed E-state index contributed by atoms with van der Waals surface area (Å²) in [6, 6.07) is 25.5. The average molecular weight is 546 g/mol. The Hall–Kier alpha value is -4.18. The molecule has 0 aliphatic heterocycles. The molecule has 41 heavy (non-hydrogen) atoms. The largest absolute Gasteiger partial charge is 0.309 e. The van der Waals surface area contributed by atoms with Crippen molar-refractivity contribution >= 4 is 21.8 Å². The molecular formula is C37H40FN3. The van der Waals surface area contributed by atoms with Gasteiger partial charge in [0.15, 0.2) is 0 Å². The number of hydrogen-bond acceptors (Lipinski definition) is 1. The van der Waals surface area contributed by atoms with Crippen molar-refractivity contribution in [2.45, 2.75) is 67.5 Å². The molecule has 1 unspecified atom stereocenters. The Morgan fingerprint density at radius 1 is 0.780 bits per heavy atom. The van der Waals surface area contributed by atoms with Gasteiger partial charge in [0.25, 0.3) is 0 Å². The molecule has 210 valence electrons. The molecule has 6 rings (SSSR count). The number of benzene rings is 4. The summed E-state index contributed by atoms with van der Waals surface area (Å²) in [6.45, 7) is 16.1. The maximum atomic E-state index is 16.5. The lowest BCUT2D eigenvalue weighted by atomic mass is 9.89. The van der Waals surface area contributed by atoms with Gasteiger partial charge in [0.05, 0.1) is 16.7 Å². The van der Waals surface area contributed by atoms with E-state index < -0.39 is 5.67 Å². The van der Waals surface area contributed by atoms with E-state index in [0.717, 1.165) is 44.6 Å². The minimum atomic E-state index is -1.54. The molecule has 2 heterocycles. The summed E-state index contributed by atoms with van der Waals surface area (Å²) in [7, 11) is 0. The zero-order chi connectivity index (χ0) is 29.5. The minimum absolute atomic E-state index is 0.361. The fourth-order valence-electron chi connectivity index (χ4n) is 6.10. The number of nitrogens with zero attached hydrogens (tertiary/aromatic N) is 3. The molecule has 0 bridgehead atoms. The van der Waals surface area contributed by atoms with E-state index in [1.807, 2.05) is 33.2 Å². The van der Waals surface area contributed by atoms with Crippen LogP contribution in [-0.2, 0) is 5.67 Å². The second-order valence-electron chi connectivity index (χ2n) is 11.0. The standard InChI is InChI=1S/C35H34FN3.C2H6/c1-7-35(6,36)30-21-32-28(27-13-8-9-14-31(27)39(32)26-12-10-11-22(2)19-26)20-29(30)34-37-15-16-38(34)33-24(4)17-23(3)18-25(33)5;1-2/h8-21H,7H2,1-6H3;1-2H3. The first-order valence-electron chi connectivity index (χ1n) is 14.6. The molecule has 0 N–H and O–H groups in total. The van der Waals surface area contributed by atoms with Crippen LogP contribution in [0.15, 0.2) is 85.2 Å². The average Bonchev–Trinajstić information content (AvgIpc) is 3.55. The molecule has 0 aliphatic carbocycles. The number of alkyl halides is 1. The van der Waals surface area contributed by atoms with Crippen molar-refractivity contribution in [3.63, 3.8) is 0 Å². The maximum absolute atomic E-state index is 16.5. The molecule has 0 amide bonds. The number of aryl methyl sites for hydroxylation is 4. The van der Waals surface area contributed by atoms with Crippen LogP contribution in [0.3, 0.4) is 0 Å². The number of rotatable bonds is 5. The number of hydrogen-bond donors (Lipinski definition) is 0. The Labute approximate surface area is 243 Å². The highest BCUT2D eigenvalue weighted by Crippen LogP contribution is 2.43. The molecule has 3 nitrogen and oxygen atoms in total. The third-order valence-corrected chi connectivity index (χ3v) is 8.06. The van der Waals surface area contributed by atoms with E-state index in [2.05, 4.69) is 110 Å². The lowest BCUT2D eigenvalue weighted by Crippen LogP contribution is -2.16. The summed E-state index contributed by atoms with van der Waals surface area (Å²) in [4.78, 5) is 4.83. The normalized spacial score (nSPS) is 12.8. The van der Waals surface area contributed by atoms with E-state index in [4.69, 9.17) is 4.98 Å². The van der Waals surface area contributed by atoms with Crippen LogP contribution < -0.4 is 0 Å². The molecule has 1 atom stereocenters. The summed E-state index contributed by atoms with van der Waals surface area (Å²) in [5.41, 5.74) is 8.97. The van der Waals surface area contributed by atoms with Crippen LogP contribution in [0, 0.1) is 27.7 Å². The Bertz CT molecular complexity index is 1850. The van der Waals surface area contributed by atoms with Gasteiger partial charge in [0.1, 0.15) is 11.5 Å². The maximum Gasteiger partial charge on any atom is 0.144 e. The summed E-state index contributed by atoms with van der Waals surface area (Å²) in [5.74, 6) is 0.756. The summed E-state index contributed by atoms with van der Waals surface area (Å²) >= 11 is 0. The van der Waals surface area contributed by atoms with Crippen LogP contribution in [0.2, 0.25) is 0 Å². The third-order valence-electron chi connectivity index (χ3n) is 8.06. The molecule has 4 heteroatoms. The molecular weight excluding hydrogens is 505 g/mol. The minimum Gasteiger partial charge on any atom is -0.309 e. The number of aromatic nitrogens is 3. The SMILES string of the molecule is CC.CCC(C)(F)c1cc2c(cc1-c1nccn1-c1c(C)cc(C)cc1C)c1ccccc1n2-c1cccc(C)c1. The van der Waals surface area contributed by atoms with Crippen molar-refractivity contribution < 1.29 is 4.39 Å². The number of fused-ring (bicyclic) bond motifs is 3. The fraction of sp³-hybridized carbons (Fsp3) is 0.270. The molecule has 0 saturated carbocycles. The number of imidazole rings is 1. The van der Waals surface area contributed by atoms with Gasteiger partial charge < -0.3 is 4.57 Å². The van der Waals surface area contributed by atoms with Crippen molar-refractivity contribution in [1.29, 1.82) is 0 Å². The van der Waals surface area contributed by atoms with E-state index in [1.165, 1.54) is 22.3 Å². The van der Waals surface area contributed by atoms with Gasteiger partial charge in [-0.25, -0.2) is 9.37 Å². The first kappa shape index (κ1) is 28.4. The summed E-state index contributed by atoms with van der Waals surface area (Å²) in [5, 5.41) is 2.23. The van der Waals surface area contributed by atoms with Gasteiger partial charge >= 0.3 is 0 Å². The lowest BCUT2D eigenvalue weighted by Gasteiger charge is -2.24. The highest BCUT2D eigenvalue weighted by Gasteiger charge is 2.30. The zero-order valence-corrected chi connectivity index (χ0v) is 25.5. The van der Waals surface area contributed by atoms with E-state index in [9.17, 15) is 0 Å². The molecule has 0 spiro atoms. The van der Waals surface area contributed by atoms with Crippen LogP contribution >= 0.6 is 0 Å². The van der Waals surface area contributed by atoms with Gasteiger partial charge in [0.2, 0.25) is 0 Å². The van der Waals surface area contributed by atoms with Crippen molar-refractivity contribution in [2.75, 3.05) is 0 Å². The molecule has 2 aromatic heterocycles. The van der Waals surface area contributed by atoms with Crippen LogP contribution in [0.1, 0.15) is 61.9 Å². The van der Waals surface area contributed by atoms with Gasteiger partial charge in [-0.2, -0.15) is 0 Å². The topological polar surface area (TPSA) is 22.8 Å². The quantitative estimate of drug-likeness (QED) is 0.211. The molecule has 0 saturated heterocycles. The fourth-order valence-corrected chi connectivity index (χ4v) is 6.10. The number of halogens is 1. The van der Waals surface area contributed by atoms with Crippen molar-refractivity contribution in [3.8, 4) is 22.8 Å². The molecule has 6 aromatic rings. The van der Waals surface area contributed by atoms with Gasteiger partial charge in [-0.3, -0.25) is 4.57 Å². The van der Waals surface area contributed by atoms with Gasteiger partial charge in [-0.05, 0) is 88.1 Å². The van der Waals surface area contributed by atoms with Crippen LogP contribution in [-0.4, -0.2) is 14.1 Å². The first-order valence-corrected chi connectivity index (χ1v) is 14.6. The van der Waals surface area contributed by atoms with Crippen molar-refractivity contribution in [2.24, 2.45) is 0 Å². The Balaban J connectivity index is 0.00000165. The van der Waals surface area contributed by atoms with E-state index in [0.29, 0.717) is 12.0 Å². The Morgan fingerprint density at radius 3 is 2.17 bits per heavy atom. The Morgan fingerprint density at radius 2 is 1.49 bits per heavy atom. The lowest BCUT2D eigenvalue weighted by molar-refractivity contribution is 0.186. The molecule has 4 aromatic carbocycles. The molecule has 0 radical (unpaired) electrons. The smallest absolute Gasteiger partial charge is 0.144 e. The van der Waals surface area contributed by atoms with E-state index >= 15 is 4.39 Å². The second kappa shape index (κ2) is 11.0. The van der Waals surface area contributed by atoms with Crippen LogP contribution in [0.25, 0.3) is 44.6 Å². The van der Waals surface area contributed by atoms with Crippen molar-refractivity contribution in [1.82, 2.24) is 14.1 Å². The summed E-state index contributed by atoms with van der Waals surface area (Å²) in [6.07, 6.45) is 4.17. The van der Waals surface area contributed by atoms with Gasteiger partial charge in [0, 0.05) is 40.0 Å². The number of para-hydroxylation sites is 1. The monoisotopic (exact) mass is 545 g/mol. The van der Waals surface area contributed by atoms with E-state index in [1.54, 1.807) is 6.92 Å².